The summed E-state index contributed by atoms with van der Waals surface area (Å²) in [5.41, 5.74) is -1.28. The molecule has 1 N–H and O–H groups in total. The molecule has 1 saturated carbocycles. The number of fused-ring (bicyclic) bond motifs is 1. The first-order valence-electron chi connectivity index (χ1n) is 9.97. The summed E-state index contributed by atoms with van der Waals surface area (Å²) in [5.74, 6) is -1.20. The van der Waals surface area contributed by atoms with E-state index in [1.807, 2.05) is 0 Å². The third kappa shape index (κ3) is 4.33. The molecule has 0 unspecified atom stereocenters. The lowest BCUT2D eigenvalue weighted by Gasteiger charge is -2.37. The van der Waals surface area contributed by atoms with E-state index < -0.39 is 28.9 Å². The van der Waals surface area contributed by atoms with Crippen LogP contribution in [0.1, 0.15) is 31.2 Å². The molecule has 31 heavy (non-hydrogen) atoms. The minimum Gasteiger partial charge on any atom is -0.492 e. The summed E-state index contributed by atoms with van der Waals surface area (Å²) in [6.45, 7) is 0.144. The third-order valence-corrected chi connectivity index (χ3v) is 6.96. The van der Waals surface area contributed by atoms with Crippen molar-refractivity contribution < 1.29 is 32.2 Å². The van der Waals surface area contributed by atoms with Crippen LogP contribution in [-0.4, -0.2) is 30.0 Å². The molecule has 2 aliphatic rings. The maximum atomic E-state index is 13.9. The van der Waals surface area contributed by atoms with Crippen molar-refractivity contribution in [3.05, 3.63) is 47.8 Å². The zero-order chi connectivity index (χ0) is 22.2. The molecule has 1 aliphatic heterocycles. The number of hydrogen-bond acceptors (Lipinski definition) is 4. The number of anilines is 2. The SMILES string of the molecule is O=C(O)C1(COc2cc3c(cc2C(F)(F)F)N(c2cccc(F)c2)CCCS3)CCC1. The Bertz CT molecular complexity index is 991. The highest BCUT2D eigenvalue weighted by Crippen LogP contribution is 2.48. The van der Waals surface area contributed by atoms with Crippen LogP contribution in [-0.2, 0) is 11.0 Å². The van der Waals surface area contributed by atoms with Gasteiger partial charge in [-0.05, 0) is 55.3 Å². The molecule has 0 amide bonds. The van der Waals surface area contributed by atoms with E-state index in [0.717, 1.165) is 6.07 Å². The van der Waals surface area contributed by atoms with Gasteiger partial charge in [-0.15, -0.1) is 11.8 Å². The van der Waals surface area contributed by atoms with E-state index >= 15 is 0 Å². The van der Waals surface area contributed by atoms with Crippen molar-refractivity contribution in [3.8, 4) is 5.75 Å². The quantitative estimate of drug-likeness (QED) is 0.551. The Morgan fingerprint density at radius 1 is 1.19 bits per heavy atom. The third-order valence-electron chi connectivity index (χ3n) is 5.83. The van der Waals surface area contributed by atoms with Gasteiger partial charge >= 0.3 is 12.1 Å². The van der Waals surface area contributed by atoms with Crippen LogP contribution in [0, 0.1) is 11.2 Å². The van der Waals surface area contributed by atoms with E-state index in [-0.39, 0.29) is 12.4 Å². The second-order valence-electron chi connectivity index (χ2n) is 7.88. The summed E-state index contributed by atoms with van der Waals surface area (Å²) in [7, 11) is 0. The van der Waals surface area contributed by atoms with Gasteiger partial charge in [0.25, 0.3) is 0 Å². The number of aliphatic carboxylic acids is 1. The van der Waals surface area contributed by atoms with Gasteiger partial charge in [-0.25, -0.2) is 4.39 Å². The first kappa shape index (κ1) is 21.8. The van der Waals surface area contributed by atoms with Crippen molar-refractivity contribution >= 4 is 29.1 Å². The van der Waals surface area contributed by atoms with Gasteiger partial charge in [0.2, 0.25) is 0 Å². The highest BCUT2D eigenvalue weighted by molar-refractivity contribution is 7.99. The Balaban J connectivity index is 1.74. The number of alkyl halides is 3. The number of rotatable bonds is 5. The highest BCUT2D eigenvalue weighted by Gasteiger charge is 2.46. The molecular formula is C22H21F4NO3S. The molecule has 0 atom stereocenters. The first-order valence-corrected chi connectivity index (χ1v) is 11.0. The minimum atomic E-state index is -4.69. The van der Waals surface area contributed by atoms with Crippen LogP contribution in [0.2, 0.25) is 0 Å². The molecule has 1 fully saturated rings. The fourth-order valence-electron chi connectivity index (χ4n) is 3.89. The van der Waals surface area contributed by atoms with Gasteiger partial charge in [0.1, 0.15) is 23.6 Å². The molecule has 0 aromatic heterocycles. The number of carboxylic acid groups (broad SMARTS) is 1. The maximum Gasteiger partial charge on any atom is 0.420 e. The Morgan fingerprint density at radius 3 is 2.58 bits per heavy atom. The van der Waals surface area contributed by atoms with E-state index in [0.29, 0.717) is 54.3 Å². The van der Waals surface area contributed by atoms with Crippen molar-refractivity contribution in [2.75, 3.05) is 23.8 Å². The van der Waals surface area contributed by atoms with Crippen molar-refractivity contribution in [1.82, 2.24) is 0 Å². The predicted molar refractivity (Wildman–Crippen MR) is 110 cm³/mol. The molecular weight excluding hydrogens is 434 g/mol. The van der Waals surface area contributed by atoms with Gasteiger partial charge in [0.15, 0.2) is 0 Å². The largest absolute Gasteiger partial charge is 0.492 e. The van der Waals surface area contributed by atoms with E-state index in [9.17, 15) is 27.5 Å². The topological polar surface area (TPSA) is 49.8 Å². The van der Waals surface area contributed by atoms with Gasteiger partial charge in [-0.1, -0.05) is 12.5 Å². The molecule has 1 heterocycles. The summed E-state index contributed by atoms with van der Waals surface area (Å²) in [4.78, 5) is 13.8. The molecule has 0 bridgehead atoms. The highest BCUT2D eigenvalue weighted by atomic mass is 32.2. The molecule has 4 nitrogen and oxygen atoms in total. The molecule has 0 saturated heterocycles. The molecule has 0 radical (unpaired) electrons. The fraction of sp³-hybridized carbons (Fsp3) is 0.409. The summed E-state index contributed by atoms with van der Waals surface area (Å²) < 4.78 is 61.0. The zero-order valence-corrected chi connectivity index (χ0v) is 17.4. The van der Waals surface area contributed by atoms with Crippen molar-refractivity contribution in [3.63, 3.8) is 0 Å². The van der Waals surface area contributed by atoms with Crippen LogP contribution in [0.5, 0.6) is 5.75 Å². The summed E-state index contributed by atoms with van der Waals surface area (Å²) in [5, 5.41) is 9.46. The number of carbonyl (C=O) groups is 1. The van der Waals surface area contributed by atoms with E-state index in [2.05, 4.69) is 0 Å². The van der Waals surface area contributed by atoms with Crippen LogP contribution in [0.15, 0.2) is 41.3 Å². The van der Waals surface area contributed by atoms with Gasteiger partial charge in [-0.2, -0.15) is 13.2 Å². The second kappa shape index (κ2) is 8.26. The smallest absolute Gasteiger partial charge is 0.420 e. The number of thioether (sulfide) groups is 1. The van der Waals surface area contributed by atoms with Gasteiger partial charge in [0.05, 0.1) is 11.3 Å². The van der Waals surface area contributed by atoms with Crippen LogP contribution >= 0.6 is 11.8 Å². The zero-order valence-electron chi connectivity index (χ0n) is 16.5. The molecule has 2 aromatic carbocycles. The monoisotopic (exact) mass is 455 g/mol. The van der Waals surface area contributed by atoms with E-state index in [1.165, 1.54) is 36.0 Å². The minimum absolute atomic E-state index is 0.303. The summed E-state index contributed by atoms with van der Waals surface area (Å²) in [6.07, 6.45) is -2.50. The predicted octanol–water partition coefficient (Wildman–Crippen LogP) is 6.11. The van der Waals surface area contributed by atoms with Crippen molar-refractivity contribution in [2.24, 2.45) is 5.41 Å². The van der Waals surface area contributed by atoms with Crippen LogP contribution in [0.4, 0.5) is 28.9 Å². The molecule has 9 heteroatoms. The first-order chi connectivity index (χ1) is 14.7. The Kier molecular flexibility index (Phi) is 5.81. The van der Waals surface area contributed by atoms with Crippen molar-refractivity contribution in [2.45, 2.75) is 36.8 Å². The number of ether oxygens (including phenoxy) is 1. The average Bonchev–Trinajstić information content (AvgIpc) is 2.87. The Labute approximate surface area is 181 Å². The fourth-order valence-corrected chi connectivity index (χ4v) is 4.89. The molecule has 2 aromatic rings. The summed E-state index contributed by atoms with van der Waals surface area (Å²) in [6, 6.07) is 8.14. The summed E-state index contributed by atoms with van der Waals surface area (Å²) >= 11 is 1.41. The van der Waals surface area contributed by atoms with Gasteiger partial charge in [-0.3, -0.25) is 4.79 Å². The number of hydrogen-bond donors (Lipinski definition) is 1. The molecule has 166 valence electrons. The van der Waals surface area contributed by atoms with Gasteiger partial charge in [0, 0.05) is 17.1 Å². The van der Waals surface area contributed by atoms with E-state index in [1.54, 1.807) is 11.0 Å². The molecule has 0 spiro atoms. The van der Waals surface area contributed by atoms with E-state index in [4.69, 9.17) is 4.74 Å². The number of halogens is 4. The number of nitrogens with zero attached hydrogens (tertiary/aromatic N) is 1. The number of benzene rings is 2. The second-order valence-corrected chi connectivity index (χ2v) is 9.01. The lowest BCUT2D eigenvalue weighted by molar-refractivity contribution is -0.157. The Morgan fingerprint density at radius 2 is 1.97 bits per heavy atom. The molecule has 4 rings (SSSR count). The molecule has 1 aliphatic carbocycles. The van der Waals surface area contributed by atoms with Crippen molar-refractivity contribution in [1.29, 1.82) is 0 Å². The number of carboxylic acids is 1. The lowest BCUT2D eigenvalue weighted by atomic mass is 9.69. The normalized spacial score (nSPS) is 18.0. The standard InChI is InChI=1S/C22H21F4NO3S/c23-14-4-1-5-15(10-14)27-8-3-9-31-19-12-18(16(11-17(19)27)22(24,25)26)30-13-21(20(28)29)6-2-7-21/h1,4-5,10-12H,2-3,6-9,13H2,(H,28,29). The van der Waals surface area contributed by atoms with Gasteiger partial charge < -0.3 is 14.7 Å². The van der Waals surface area contributed by atoms with Crippen LogP contribution < -0.4 is 9.64 Å². The maximum absolute atomic E-state index is 13.9. The van der Waals surface area contributed by atoms with Crippen LogP contribution in [0.25, 0.3) is 0 Å². The Hall–Kier alpha value is -2.42. The van der Waals surface area contributed by atoms with Crippen LogP contribution in [0.3, 0.4) is 0 Å². The lowest BCUT2D eigenvalue weighted by Crippen LogP contribution is -2.43. The average molecular weight is 455 g/mol.